The van der Waals surface area contributed by atoms with Crippen molar-refractivity contribution in [2.24, 2.45) is 0 Å². The molecule has 8 heteroatoms. The molecule has 32 heavy (non-hydrogen) atoms. The zero-order valence-electron chi connectivity index (χ0n) is 18.2. The molecule has 170 valence electrons. The maximum absolute atomic E-state index is 14.9. The van der Waals surface area contributed by atoms with E-state index in [1.54, 1.807) is 6.07 Å². The topological polar surface area (TPSA) is 43.3 Å². The van der Waals surface area contributed by atoms with Crippen LogP contribution in [0.15, 0.2) is 36.4 Å². The van der Waals surface area contributed by atoms with E-state index in [1.165, 1.54) is 29.7 Å². The molecule has 4 nitrogen and oxygen atoms in total. The summed E-state index contributed by atoms with van der Waals surface area (Å²) in [5, 5.41) is 2.91. The second-order valence-electron chi connectivity index (χ2n) is 8.80. The van der Waals surface area contributed by atoms with Gasteiger partial charge in [-0.25, -0.2) is 9.18 Å². The Morgan fingerprint density at radius 3 is 2.62 bits per heavy atom. The van der Waals surface area contributed by atoms with E-state index in [2.05, 4.69) is 5.32 Å². The van der Waals surface area contributed by atoms with Crippen LogP contribution in [0.5, 0.6) is 0 Å². The lowest BCUT2D eigenvalue weighted by Gasteiger charge is -2.36. The zero-order chi connectivity index (χ0) is 23.4. The van der Waals surface area contributed by atoms with Gasteiger partial charge in [0.15, 0.2) is 0 Å². The fourth-order valence-corrected chi connectivity index (χ4v) is 4.51. The Kier molecular flexibility index (Phi) is 5.32. The highest BCUT2D eigenvalue weighted by atomic mass is 19.4. The number of nitrogens with zero attached hydrogens (tertiary/aromatic N) is 1. The number of hydrogen-bond acceptors (Lipinski definition) is 2. The van der Waals surface area contributed by atoms with Gasteiger partial charge in [-0.2, -0.15) is 13.2 Å². The van der Waals surface area contributed by atoms with Gasteiger partial charge in [-0.15, -0.1) is 0 Å². The maximum Gasteiger partial charge on any atom is 0.416 e. The number of benzene rings is 2. The molecule has 1 amide bonds. The predicted molar refractivity (Wildman–Crippen MR) is 114 cm³/mol. The monoisotopic (exact) mass is 448 g/mol. The van der Waals surface area contributed by atoms with Crippen LogP contribution in [0, 0.1) is 12.7 Å². The van der Waals surface area contributed by atoms with E-state index in [0.29, 0.717) is 40.6 Å². The number of rotatable bonds is 2. The lowest BCUT2D eigenvalue weighted by Crippen LogP contribution is -2.36. The number of anilines is 1. The molecule has 0 fully saturated rings. The quantitative estimate of drug-likeness (QED) is 0.430. The van der Waals surface area contributed by atoms with E-state index >= 15 is 0 Å². The standard InChI is InChI=1S/C24H24F4N2O2/c1-5-19-21-16(12-23(3,4)32-19)20-17(25)7-6-8-18(20)30(21)22(31)29-15-10-13(2)9-14(11-15)24(26,27)28/h6-11,19H,5,12H2,1-4H3,(H,29,31)/t19-/m0/s1. The number of halogens is 4. The molecule has 3 aromatic rings. The van der Waals surface area contributed by atoms with Crippen molar-refractivity contribution < 1.29 is 27.1 Å². The number of ether oxygens (including phenoxy) is 1. The van der Waals surface area contributed by atoms with Crippen molar-refractivity contribution in [2.45, 2.75) is 58.4 Å². The lowest BCUT2D eigenvalue weighted by molar-refractivity contribution is -0.137. The molecule has 0 saturated heterocycles. The van der Waals surface area contributed by atoms with Crippen molar-refractivity contribution in [3.8, 4) is 0 Å². The van der Waals surface area contributed by atoms with Crippen LogP contribution in [-0.4, -0.2) is 16.2 Å². The fraction of sp³-hybridized carbons (Fsp3) is 0.375. The Morgan fingerprint density at radius 1 is 1.25 bits per heavy atom. The average Bonchev–Trinajstić information content (AvgIpc) is 3.00. The number of carbonyl (C=O) groups excluding carboxylic acids is 1. The van der Waals surface area contributed by atoms with Gasteiger partial charge in [0.2, 0.25) is 0 Å². The summed E-state index contributed by atoms with van der Waals surface area (Å²) in [5.41, 5.74) is 0.552. The van der Waals surface area contributed by atoms with Crippen molar-refractivity contribution in [3.05, 3.63) is 64.6 Å². The molecule has 4 rings (SSSR count). The number of hydrogen-bond donors (Lipinski definition) is 1. The van der Waals surface area contributed by atoms with E-state index in [9.17, 15) is 22.4 Å². The van der Waals surface area contributed by atoms with Gasteiger partial charge in [-0.1, -0.05) is 13.0 Å². The largest absolute Gasteiger partial charge is 0.416 e. The van der Waals surface area contributed by atoms with E-state index in [4.69, 9.17) is 4.74 Å². The van der Waals surface area contributed by atoms with Gasteiger partial charge in [0.05, 0.1) is 28.5 Å². The van der Waals surface area contributed by atoms with Crippen molar-refractivity contribution in [3.63, 3.8) is 0 Å². The summed E-state index contributed by atoms with van der Waals surface area (Å²) < 4.78 is 62.1. The maximum atomic E-state index is 14.9. The lowest BCUT2D eigenvalue weighted by atomic mass is 9.90. The number of carbonyl (C=O) groups is 1. The third kappa shape index (κ3) is 3.88. The second-order valence-corrected chi connectivity index (χ2v) is 8.80. The third-order valence-corrected chi connectivity index (χ3v) is 5.68. The van der Waals surface area contributed by atoms with Crippen molar-refractivity contribution in [1.29, 1.82) is 0 Å². The number of aryl methyl sites for hydroxylation is 1. The van der Waals surface area contributed by atoms with Crippen LogP contribution in [0.3, 0.4) is 0 Å². The van der Waals surface area contributed by atoms with E-state index in [1.807, 2.05) is 20.8 Å². The van der Waals surface area contributed by atoms with Gasteiger partial charge < -0.3 is 10.1 Å². The third-order valence-electron chi connectivity index (χ3n) is 5.68. The van der Waals surface area contributed by atoms with Gasteiger partial charge in [-0.05, 0) is 68.7 Å². The van der Waals surface area contributed by atoms with Crippen LogP contribution in [0.25, 0.3) is 10.9 Å². The number of amides is 1. The summed E-state index contributed by atoms with van der Waals surface area (Å²) in [7, 11) is 0. The fourth-order valence-electron chi connectivity index (χ4n) is 4.51. The van der Waals surface area contributed by atoms with E-state index < -0.39 is 35.3 Å². The highest BCUT2D eigenvalue weighted by Crippen LogP contribution is 2.43. The minimum absolute atomic E-state index is 0.0134. The zero-order valence-corrected chi connectivity index (χ0v) is 18.2. The molecule has 1 atom stereocenters. The number of nitrogens with one attached hydrogen (secondary N) is 1. The van der Waals surface area contributed by atoms with Gasteiger partial charge >= 0.3 is 12.2 Å². The van der Waals surface area contributed by atoms with Gasteiger partial charge in [0.25, 0.3) is 0 Å². The Morgan fingerprint density at radius 2 is 1.97 bits per heavy atom. The molecule has 0 saturated carbocycles. The molecule has 1 aliphatic heterocycles. The molecule has 1 aromatic heterocycles. The van der Waals surface area contributed by atoms with E-state index in [-0.39, 0.29) is 5.69 Å². The minimum atomic E-state index is -4.54. The van der Waals surface area contributed by atoms with Crippen LogP contribution in [-0.2, 0) is 17.3 Å². The summed E-state index contributed by atoms with van der Waals surface area (Å²) in [6, 6.07) is 7.18. The van der Waals surface area contributed by atoms with Crippen LogP contribution in [0.1, 0.15) is 55.7 Å². The first-order chi connectivity index (χ1) is 14.9. The van der Waals surface area contributed by atoms with Crippen LogP contribution in [0.4, 0.5) is 28.0 Å². The summed E-state index contributed by atoms with van der Waals surface area (Å²) in [4.78, 5) is 13.4. The molecule has 2 aromatic carbocycles. The van der Waals surface area contributed by atoms with Crippen LogP contribution >= 0.6 is 0 Å². The Balaban J connectivity index is 1.87. The first-order valence-corrected chi connectivity index (χ1v) is 10.4. The summed E-state index contributed by atoms with van der Waals surface area (Å²) >= 11 is 0. The minimum Gasteiger partial charge on any atom is -0.366 e. The van der Waals surface area contributed by atoms with Crippen molar-refractivity contribution in [2.75, 3.05) is 5.32 Å². The first kappa shape index (κ1) is 22.3. The Bertz CT molecular complexity index is 1210. The molecular formula is C24H24F4N2O2. The normalized spacial score (nSPS) is 17.9. The molecule has 0 aliphatic carbocycles. The van der Waals surface area contributed by atoms with E-state index in [0.717, 1.165) is 12.1 Å². The smallest absolute Gasteiger partial charge is 0.366 e. The Hall–Kier alpha value is -2.87. The Labute approximate surface area is 183 Å². The number of aromatic nitrogens is 1. The van der Waals surface area contributed by atoms with Gasteiger partial charge in [0, 0.05) is 17.5 Å². The van der Waals surface area contributed by atoms with Gasteiger partial charge in [-0.3, -0.25) is 4.57 Å². The van der Waals surface area contributed by atoms with Crippen LogP contribution < -0.4 is 5.32 Å². The average molecular weight is 448 g/mol. The molecule has 1 N–H and O–H groups in total. The predicted octanol–water partition coefficient (Wildman–Crippen LogP) is 6.99. The molecule has 0 bridgehead atoms. The molecule has 0 spiro atoms. The SMILES string of the molecule is CC[C@@H]1OC(C)(C)Cc2c1n(C(=O)Nc1cc(C)cc(C(F)(F)F)c1)c1cccc(F)c21. The van der Waals surface area contributed by atoms with Gasteiger partial charge in [0.1, 0.15) is 5.82 Å². The molecule has 2 heterocycles. The summed E-state index contributed by atoms with van der Waals surface area (Å²) in [6.45, 7) is 7.25. The number of alkyl halides is 3. The molecular weight excluding hydrogens is 424 g/mol. The number of fused-ring (bicyclic) bond motifs is 3. The van der Waals surface area contributed by atoms with Crippen molar-refractivity contribution in [1.82, 2.24) is 4.57 Å². The molecule has 1 aliphatic rings. The van der Waals surface area contributed by atoms with Crippen molar-refractivity contribution >= 4 is 22.6 Å². The summed E-state index contributed by atoms with van der Waals surface area (Å²) in [6.07, 6.45) is -4.06. The molecule has 0 unspecified atom stereocenters. The molecule has 0 radical (unpaired) electrons. The second kappa shape index (κ2) is 7.62. The van der Waals surface area contributed by atoms with Crippen LogP contribution in [0.2, 0.25) is 0 Å². The highest BCUT2D eigenvalue weighted by molar-refractivity contribution is 6.01. The highest BCUT2D eigenvalue weighted by Gasteiger charge is 2.38. The summed E-state index contributed by atoms with van der Waals surface area (Å²) in [5.74, 6) is -0.451. The first-order valence-electron chi connectivity index (χ1n) is 10.4.